The van der Waals surface area contributed by atoms with Crippen LogP contribution in [0, 0.1) is 0 Å². The Balaban J connectivity index is 1.40. The molecule has 3 heterocycles. The molecule has 1 aliphatic heterocycles. The van der Waals surface area contributed by atoms with Crippen LogP contribution in [0.2, 0.25) is 0 Å². The molecule has 0 saturated carbocycles. The van der Waals surface area contributed by atoms with Gasteiger partial charge in [-0.3, -0.25) is 0 Å². The summed E-state index contributed by atoms with van der Waals surface area (Å²) in [5.74, 6) is 1.39. The first kappa shape index (κ1) is 22.6. The van der Waals surface area contributed by atoms with Crippen LogP contribution in [-0.2, 0) is 6.54 Å². The fourth-order valence-electron chi connectivity index (χ4n) is 4.99. The highest BCUT2D eigenvalue weighted by Crippen LogP contribution is 2.35. The molecule has 0 unspecified atom stereocenters. The third kappa shape index (κ3) is 5.08. The highest BCUT2D eigenvalue weighted by Gasteiger charge is 2.30. The van der Waals surface area contributed by atoms with Crippen LogP contribution in [-0.4, -0.2) is 26.2 Å². The molecule has 3 aromatic rings. The van der Waals surface area contributed by atoms with Crippen LogP contribution < -0.4 is 0 Å². The predicted molar refractivity (Wildman–Crippen MR) is 131 cm³/mol. The van der Waals surface area contributed by atoms with E-state index in [2.05, 4.69) is 58.6 Å². The Bertz CT molecular complexity index is 1020. The van der Waals surface area contributed by atoms with Gasteiger partial charge >= 0.3 is 0 Å². The first-order valence-electron chi connectivity index (χ1n) is 12.5. The van der Waals surface area contributed by atoms with Gasteiger partial charge in [-0.1, -0.05) is 75.7 Å². The van der Waals surface area contributed by atoms with E-state index in [1.54, 1.807) is 0 Å². The molecule has 0 bridgehead atoms. The topological polar surface area (TPSA) is 47.1 Å². The van der Waals surface area contributed by atoms with Gasteiger partial charge in [0, 0.05) is 41.4 Å². The summed E-state index contributed by atoms with van der Waals surface area (Å²) >= 11 is 0. The molecule has 5 nitrogen and oxygen atoms in total. The number of likely N-dealkylation sites (tertiary alicyclic amines) is 1. The second kappa shape index (κ2) is 10.8. The maximum absolute atomic E-state index is 5.72. The van der Waals surface area contributed by atoms with Gasteiger partial charge in [0.2, 0.25) is 11.7 Å². The van der Waals surface area contributed by atoms with E-state index in [-0.39, 0.29) is 6.04 Å². The summed E-state index contributed by atoms with van der Waals surface area (Å²) < 4.78 is 8.09. The lowest BCUT2D eigenvalue weighted by Crippen LogP contribution is -2.20. The number of rotatable bonds is 12. The smallest absolute Gasteiger partial charge is 0.249 e. The quantitative estimate of drug-likeness (QED) is 0.277. The fraction of sp³-hybridized carbons (Fsp3) is 0.556. The lowest BCUT2D eigenvalue weighted by atomic mass is 10.1. The van der Waals surface area contributed by atoms with Gasteiger partial charge in [-0.05, 0) is 38.3 Å². The Morgan fingerprint density at radius 3 is 2.66 bits per heavy atom. The van der Waals surface area contributed by atoms with Crippen LogP contribution in [0.1, 0.15) is 90.0 Å². The maximum Gasteiger partial charge on any atom is 0.249 e. The average molecular weight is 435 g/mol. The van der Waals surface area contributed by atoms with Crippen molar-refractivity contribution in [3.05, 3.63) is 48.6 Å². The van der Waals surface area contributed by atoms with E-state index >= 15 is 0 Å². The molecule has 1 aromatic carbocycles. The summed E-state index contributed by atoms with van der Waals surface area (Å²) in [6.45, 7) is 10.5. The Hall–Kier alpha value is -2.56. The molecule has 0 amide bonds. The van der Waals surface area contributed by atoms with Gasteiger partial charge in [0.05, 0.1) is 0 Å². The lowest BCUT2D eigenvalue weighted by Gasteiger charge is -2.23. The number of fused-ring (bicyclic) bond motifs is 1. The van der Waals surface area contributed by atoms with Crippen molar-refractivity contribution in [2.45, 2.75) is 90.6 Å². The van der Waals surface area contributed by atoms with Crippen LogP contribution >= 0.6 is 0 Å². The molecule has 4 rings (SSSR count). The van der Waals surface area contributed by atoms with E-state index in [4.69, 9.17) is 9.51 Å². The SMILES string of the molecule is C=C(C)N1CCC[C@H]1c1nc(-c2cccc3c2ccn3CCCCCCCCCC)no1. The van der Waals surface area contributed by atoms with Gasteiger partial charge in [-0.25, -0.2) is 0 Å². The zero-order valence-electron chi connectivity index (χ0n) is 19.9. The average Bonchev–Trinajstić information content (AvgIpc) is 3.54. The predicted octanol–water partition coefficient (Wildman–Crippen LogP) is 7.50. The molecular weight excluding hydrogens is 396 g/mol. The van der Waals surface area contributed by atoms with Gasteiger partial charge in [0.15, 0.2) is 0 Å². The van der Waals surface area contributed by atoms with Gasteiger partial charge in [-0.15, -0.1) is 0 Å². The molecule has 1 aliphatic rings. The number of aromatic nitrogens is 3. The van der Waals surface area contributed by atoms with Crippen LogP contribution in [0.3, 0.4) is 0 Å². The second-order valence-corrected chi connectivity index (χ2v) is 9.27. The van der Waals surface area contributed by atoms with Crippen molar-refractivity contribution in [1.29, 1.82) is 0 Å². The van der Waals surface area contributed by atoms with Crippen molar-refractivity contribution < 1.29 is 4.52 Å². The summed E-state index contributed by atoms with van der Waals surface area (Å²) in [5.41, 5.74) is 3.36. The molecule has 5 heteroatoms. The van der Waals surface area contributed by atoms with Gasteiger partial charge in [0.1, 0.15) is 6.04 Å². The molecule has 1 fully saturated rings. The zero-order valence-corrected chi connectivity index (χ0v) is 19.9. The number of benzene rings is 1. The van der Waals surface area contributed by atoms with Crippen molar-refractivity contribution in [2.24, 2.45) is 0 Å². The molecule has 1 atom stereocenters. The largest absolute Gasteiger partial charge is 0.364 e. The van der Waals surface area contributed by atoms with E-state index in [0.717, 1.165) is 37.2 Å². The molecule has 0 radical (unpaired) electrons. The van der Waals surface area contributed by atoms with E-state index < -0.39 is 0 Å². The van der Waals surface area contributed by atoms with E-state index in [0.29, 0.717) is 11.7 Å². The normalized spacial score (nSPS) is 16.3. The van der Waals surface area contributed by atoms with Gasteiger partial charge in [-0.2, -0.15) is 4.98 Å². The van der Waals surface area contributed by atoms with E-state index in [1.165, 1.54) is 62.3 Å². The Labute approximate surface area is 192 Å². The van der Waals surface area contributed by atoms with Crippen LogP contribution in [0.5, 0.6) is 0 Å². The second-order valence-electron chi connectivity index (χ2n) is 9.27. The number of hydrogen-bond acceptors (Lipinski definition) is 4. The Kier molecular flexibility index (Phi) is 7.67. The number of allylic oxidation sites excluding steroid dienone is 1. The minimum Gasteiger partial charge on any atom is -0.364 e. The highest BCUT2D eigenvalue weighted by atomic mass is 16.5. The van der Waals surface area contributed by atoms with Gasteiger partial charge in [0.25, 0.3) is 0 Å². The van der Waals surface area contributed by atoms with Crippen molar-refractivity contribution in [3.63, 3.8) is 0 Å². The third-order valence-electron chi connectivity index (χ3n) is 6.78. The van der Waals surface area contributed by atoms with E-state index in [9.17, 15) is 0 Å². The summed E-state index contributed by atoms with van der Waals surface area (Å²) in [6, 6.07) is 8.75. The molecule has 32 heavy (non-hydrogen) atoms. The number of hydrogen-bond donors (Lipinski definition) is 0. The number of nitrogens with zero attached hydrogens (tertiary/aromatic N) is 4. The minimum atomic E-state index is 0.152. The first-order valence-corrected chi connectivity index (χ1v) is 12.5. The van der Waals surface area contributed by atoms with E-state index in [1.807, 2.05) is 6.92 Å². The molecule has 0 aliphatic carbocycles. The third-order valence-corrected chi connectivity index (χ3v) is 6.78. The van der Waals surface area contributed by atoms with Crippen molar-refractivity contribution >= 4 is 10.9 Å². The lowest BCUT2D eigenvalue weighted by molar-refractivity contribution is 0.252. The minimum absolute atomic E-state index is 0.152. The van der Waals surface area contributed by atoms with Gasteiger partial charge < -0.3 is 14.0 Å². The summed E-state index contributed by atoms with van der Waals surface area (Å²) in [7, 11) is 0. The molecule has 2 aromatic heterocycles. The van der Waals surface area contributed by atoms with Crippen LogP contribution in [0.4, 0.5) is 0 Å². The highest BCUT2D eigenvalue weighted by molar-refractivity contribution is 5.93. The molecule has 172 valence electrons. The van der Waals surface area contributed by atoms with Crippen LogP contribution in [0.15, 0.2) is 47.3 Å². The first-order chi connectivity index (χ1) is 15.7. The molecule has 0 N–H and O–H groups in total. The standard InChI is InChI=1S/C27H38N4O/c1-4-5-6-7-8-9-10-11-18-30-20-17-22-23(14-12-15-24(22)30)26-28-27(32-29-26)25-16-13-19-31(25)21(2)3/h12,14-15,17,20,25H,2,4-11,13,16,18-19H2,1,3H3/t25-/m0/s1. The fourth-order valence-corrected chi connectivity index (χ4v) is 4.99. The number of unbranched alkanes of at least 4 members (excludes halogenated alkanes) is 7. The summed E-state index contributed by atoms with van der Waals surface area (Å²) in [4.78, 5) is 7.08. The molecule has 0 spiro atoms. The maximum atomic E-state index is 5.72. The van der Waals surface area contributed by atoms with Crippen molar-refractivity contribution in [3.8, 4) is 11.4 Å². The summed E-state index contributed by atoms with van der Waals surface area (Å²) in [5, 5.41) is 5.55. The van der Waals surface area contributed by atoms with Crippen molar-refractivity contribution in [2.75, 3.05) is 6.54 Å². The Morgan fingerprint density at radius 1 is 1.09 bits per heavy atom. The summed E-state index contributed by atoms with van der Waals surface area (Å²) in [6.07, 6.45) is 15.1. The number of aryl methyl sites for hydroxylation is 1. The molecular formula is C27H38N4O. The van der Waals surface area contributed by atoms with Crippen LogP contribution in [0.25, 0.3) is 22.3 Å². The molecule has 1 saturated heterocycles. The van der Waals surface area contributed by atoms with Crippen molar-refractivity contribution in [1.82, 2.24) is 19.6 Å². The Morgan fingerprint density at radius 2 is 1.88 bits per heavy atom. The monoisotopic (exact) mass is 434 g/mol. The zero-order chi connectivity index (χ0) is 22.3.